The second-order valence-electron chi connectivity index (χ2n) is 5.28. The first-order valence-electron chi connectivity index (χ1n) is 6.94. The van der Waals surface area contributed by atoms with Crippen molar-refractivity contribution in [2.24, 2.45) is 0 Å². The van der Waals surface area contributed by atoms with E-state index >= 15 is 0 Å². The molecule has 2 nitrogen and oxygen atoms in total. The van der Waals surface area contributed by atoms with Gasteiger partial charge in [-0.05, 0) is 55.2 Å². The topological polar surface area (TPSA) is 29.1 Å². The molecular weight excluding hydrogens is 272 g/mol. The highest BCUT2D eigenvalue weighted by atomic mass is 19.1. The van der Waals surface area contributed by atoms with E-state index in [2.05, 4.69) is 5.32 Å². The van der Waals surface area contributed by atoms with Crippen molar-refractivity contribution < 1.29 is 13.6 Å². The lowest BCUT2D eigenvalue weighted by molar-refractivity contribution is 0.103. The minimum Gasteiger partial charge on any atom is -0.385 e. The van der Waals surface area contributed by atoms with Crippen LogP contribution in [0.2, 0.25) is 0 Å². The molecule has 1 N–H and O–H groups in total. The number of carbonyl (C=O) groups is 1. The summed E-state index contributed by atoms with van der Waals surface area (Å²) in [6.45, 7) is 2.42. The molecule has 0 unspecified atom stereocenters. The standard InChI is InChI=1S/C17H15F2NO/c1-10-4-6-13(18)15(16(10)19)17(21)12-5-7-14-11(9-12)3-2-8-20-14/h4-7,9,20H,2-3,8H2,1H3. The zero-order chi connectivity index (χ0) is 15.0. The van der Waals surface area contributed by atoms with E-state index in [0.29, 0.717) is 5.56 Å². The molecule has 0 aromatic heterocycles. The number of hydrogen-bond acceptors (Lipinski definition) is 2. The van der Waals surface area contributed by atoms with Crippen LogP contribution in [0.5, 0.6) is 0 Å². The van der Waals surface area contributed by atoms with Crippen LogP contribution in [0.1, 0.15) is 33.5 Å². The monoisotopic (exact) mass is 287 g/mol. The van der Waals surface area contributed by atoms with Crippen LogP contribution in [0.4, 0.5) is 14.5 Å². The van der Waals surface area contributed by atoms with Crippen LogP contribution in [-0.2, 0) is 6.42 Å². The van der Waals surface area contributed by atoms with Crippen LogP contribution in [0, 0.1) is 18.6 Å². The Morgan fingerprint density at radius 3 is 2.81 bits per heavy atom. The highest BCUT2D eigenvalue weighted by Crippen LogP contribution is 2.26. The fourth-order valence-electron chi connectivity index (χ4n) is 2.63. The molecule has 0 amide bonds. The number of hydrogen-bond donors (Lipinski definition) is 1. The van der Waals surface area contributed by atoms with Gasteiger partial charge in [0.25, 0.3) is 0 Å². The van der Waals surface area contributed by atoms with E-state index in [-0.39, 0.29) is 5.56 Å². The predicted molar refractivity (Wildman–Crippen MR) is 77.8 cm³/mol. The molecule has 21 heavy (non-hydrogen) atoms. The van der Waals surface area contributed by atoms with Crippen LogP contribution >= 0.6 is 0 Å². The smallest absolute Gasteiger partial charge is 0.198 e. The molecule has 0 fully saturated rings. The van der Waals surface area contributed by atoms with Gasteiger partial charge in [0.15, 0.2) is 5.78 Å². The summed E-state index contributed by atoms with van der Waals surface area (Å²) in [5, 5.41) is 3.24. The van der Waals surface area contributed by atoms with Crippen molar-refractivity contribution in [3.8, 4) is 0 Å². The maximum atomic E-state index is 14.1. The molecule has 3 rings (SSSR count). The minimum absolute atomic E-state index is 0.263. The van der Waals surface area contributed by atoms with E-state index in [1.807, 2.05) is 0 Å². The average Bonchev–Trinajstić information content (AvgIpc) is 2.51. The number of fused-ring (bicyclic) bond motifs is 1. The van der Waals surface area contributed by atoms with E-state index < -0.39 is 23.0 Å². The average molecular weight is 287 g/mol. The molecule has 4 heteroatoms. The third kappa shape index (κ3) is 2.42. The Morgan fingerprint density at radius 1 is 1.19 bits per heavy atom. The largest absolute Gasteiger partial charge is 0.385 e. The van der Waals surface area contributed by atoms with Crippen LogP contribution in [-0.4, -0.2) is 12.3 Å². The Labute approximate surface area is 121 Å². The lowest BCUT2D eigenvalue weighted by atomic mass is 9.95. The van der Waals surface area contributed by atoms with E-state index in [0.717, 1.165) is 36.7 Å². The molecule has 1 heterocycles. The fourth-order valence-corrected chi connectivity index (χ4v) is 2.63. The summed E-state index contributed by atoms with van der Waals surface area (Å²) in [4.78, 5) is 12.4. The summed E-state index contributed by atoms with van der Waals surface area (Å²) in [5.41, 5.74) is 2.11. The van der Waals surface area contributed by atoms with Gasteiger partial charge in [0.05, 0.1) is 5.56 Å². The molecule has 0 spiro atoms. The quantitative estimate of drug-likeness (QED) is 0.850. The van der Waals surface area contributed by atoms with Crippen LogP contribution in [0.25, 0.3) is 0 Å². The number of ketones is 1. The molecule has 0 aliphatic carbocycles. The molecule has 1 aliphatic rings. The number of benzene rings is 2. The second kappa shape index (κ2) is 5.28. The Morgan fingerprint density at radius 2 is 2.00 bits per heavy atom. The molecule has 0 atom stereocenters. The summed E-state index contributed by atoms with van der Waals surface area (Å²) in [7, 11) is 0. The maximum Gasteiger partial charge on any atom is 0.198 e. The van der Waals surface area contributed by atoms with Crippen molar-refractivity contribution in [2.75, 3.05) is 11.9 Å². The summed E-state index contributed by atoms with van der Waals surface area (Å²) in [5.74, 6) is -2.21. The van der Waals surface area contributed by atoms with E-state index in [4.69, 9.17) is 0 Å². The van der Waals surface area contributed by atoms with Gasteiger partial charge in [0.2, 0.25) is 0 Å². The first kappa shape index (κ1) is 13.7. The molecule has 0 saturated heterocycles. The van der Waals surface area contributed by atoms with Gasteiger partial charge in [-0.25, -0.2) is 8.78 Å². The highest BCUT2D eigenvalue weighted by Gasteiger charge is 2.21. The molecule has 1 aliphatic heterocycles. The fraction of sp³-hybridized carbons (Fsp3) is 0.235. The van der Waals surface area contributed by atoms with E-state index in [1.54, 1.807) is 18.2 Å². The Balaban J connectivity index is 2.05. The van der Waals surface area contributed by atoms with Gasteiger partial charge >= 0.3 is 0 Å². The van der Waals surface area contributed by atoms with Gasteiger partial charge in [-0.15, -0.1) is 0 Å². The van der Waals surface area contributed by atoms with Crippen LogP contribution < -0.4 is 5.32 Å². The third-order valence-corrected chi connectivity index (χ3v) is 3.82. The predicted octanol–water partition coefficient (Wildman–Crippen LogP) is 3.86. The molecule has 108 valence electrons. The first-order valence-corrected chi connectivity index (χ1v) is 6.94. The van der Waals surface area contributed by atoms with Gasteiger partial charge in [0.1, 0.15) is 11.6 Å². The normalized spacial score (nSPS) is 13.5. The SMILES string of the molecule is Cc1ccc(F)c(C(=O)c2ccc3c(c2)CCCN3)c1F. The van der Waals surface area contributed by atoms with Crippen molar-refractivity contribution >= 4 is 11.5 Å². The van der Waals surface area contributed by atoms with Crippen LogP contribution in [0.15, 0.2) is 30.3 Å². The van der Waals surface area contributed by atoms with E-state index in [9.17, 15) is 13.6 Å². The molecular formula is C17H15F2NO. The van der Waals surface area contributed by atoms with Crippen molar-refractivity contribution in [3.05, 3.63) is 64.2 Å². The molecule has 2 aromatic rings. The zero-order valence-electron chi connectivity index (χ0n) is 11.7. The summed E-state index contributed by atoms with van der Waals surface area (Å²) in [6, 6.07) is 7.60. The lowest BCUT2D eigenvalue weighted by Crippen LogP contribution is -2.14. The number of carbonyl (C=O) groups excluding carboxylic acids is 1. The lowest BCUT2D eigenvalue weighted by Gasteiger charge is -2.18. The second-order valence-corrected chi connectivity index (χ2v) is 5.28. The van der Waals surface area contributed by atoms with E-state index in [1.165, 1.54) is 13.0 Å². The van der Waals surface area contributed by atoms with Gasteiger partial charge in [0, 0.05) is 17.8 Å². The van der Waals surface area contributed by atoms with Gasteiger partial charge in [-0.3, -0.25) is 4.79 Å². The zero-order valence-corrected chi connectivity index (χ0v) is 11.7. The number of anilines is 1. The summed E-state index contributed by atoms with van der Waals surface area (Å²) in [6.07, 6.45) is 1.85. The number of nitrogens with one attached hydrogen (secondary N) is 1. The number of rotatable bonds is 2. The number of halogens is 2. The number of aryl methyl sites for hydroxylation is 2. The minimum atomic E-state index is -0.820. The van der Waals surface area contributed by atoms with Gasteiger partial charge < -0.3 is 5.32 Å². The Hall–Kier alpha value is -2.23. The van der Waals surface area contributed by atoms with Gasteiger partial charge in [-0.1, -0.05) is 6.07 Å². The van der Waals surface area contributed by atoms with Crippen LogP contribution in [0.3, 0.4) is 0 Å². The van der Waals surface area contributed by atoms with Gasteiger partial charge in [-0.2, -0.15) is 0 Å². The molecule has 0 radical (unpaired) electrons. The maximum absolute atomic E-state index is 14.1. The third-order valence-electron chi connectivity index (χ3n) is 3.82. The van der Waals surface area contributed by atoms with Crippen molar-refractivity contribution in [1.29, 1.82) is 0 Å². The summed E-state index contributed by atoms with van der Waals surface area (Å²) >= 11 is 0. The summed E-state index contributed by atoms with van der Waals surface area (Å²) < 4.78 is 27.9. The molecule has 2 aromatic carbocycles. The molecule has 0 bridgehead atoms. The molecule has 0 saturated carbocycles. The van der Waals surface area contributed by atoms with Crippen molar-refractivity contribution in [2.45, 2.75) is 19.8 Å². The Bertz CT molecular complexity index is 725. The first-order chi connectivity index (χ1) is 10.1. The van der Waals surface area contributed by atoms with Crippen molar-refractivity contribution in [3.63, 3.8) is 0 Å². The van der Waals surface area contributed by atoms with Crippen molar-refractivity contribution in [1.82, 2.24) is 0 Å². The Kier molecular flexibility index (Phi) is 3.45. The highest BCUT2D eigenvalue weighted by molar-refractivity contribution is 6.09.